The molecule has 0 bridgehead atoms. The van der Waals surface area contributed by atoms with Crippen LogP contribution in [0.15, 0.2) is 38.9 Å². The zero-order valence-corrected chi connectivity index (χ0v) is 13.9. The Labute approximate surface area is 137 Å². The summed E-state index contributed by atoms with van der Waals surface area (Å²) in [6.07, 6.45) is 4.11. The van der Waals surface area contributed by atoms with Crippen molar-refractivity contribution >= 4 is 32.9 Å². The Hall–Kier alpha value is -2.06. The molecule has 22 heavy (non-hydrogen) atoms. The van der Waals surface area contributed by atoms with Gasteiger partial charge in [-0.1, -0.05) is 5.16 Å². The zero-order chi connectivity index (χ0) is 15.1. The summed E-state index contributed by atoms with van der Waals surface area (Å²) in [5.41, 5.74) is 2.51. The summed E-state index contributed by atoms with van der Waals surface area (Å²) in [6, 6.07) is 3.91. The molecule has 0 saturated heterocycles. The fourth-order valence-corrected chi connectivity index (χ4v) is 3.69. The van der Waals surface area contributed by atoms with Crippen LogP contribution in [0.25, 0.3) is 17.1 Å². The number of rotatable bonds is 3. The van der Waals surface area contributed by atoms with Gasteiger partial charge in [0.05, 0.1) is 17.5 Å². The van der Waals surface area contributed by atoms with Crippen molar-refractivity contribution in [3.8, 4) is 11.5 Å². The molecule has 0 unspecified atom stereocenters. The molecule has 4 rings (SSSR count). The van der Waals surface area contributed by atoms with Crippen molar-refractivity contribution in [2.45, 2.75) is 13.3 Å². The molecule has 0 aliphatic carbocycles. The predicted octanol–water partition coefficient (Wildman–Crippen LogP) is 3.50. The Kier molecular flexibility index (Phi) is 3.27. The number of hydrogen-bond acceptors (Lipinski definition) is 6. The van der Waals surface area contributed by atoms with Crippen molar-refractivity contribution in [1.82, 2.24) is 24.7 Å². The van der Waals surface area contributed by atoms with Gasteiger partial charge in [0.25, 0.3) is 5.89 Å². The molecule has 8 heteroatoms. The SMILES string of the molecule is Cc1c(-c2nc(Cc3cc(Br)cs3)no2)cnc2ccnn12. The molecule has 0 N–H and O–H groups in total. The molecule has 4 aromatic rings. The first kappa shape index (κ1) is 13.6. The number of halogens is 1. The normalized spacial score (nSPS) is 11.4. The summed E-state index contributed by atoms with van der Waals surface area (Å²) in [7, 11) is 0. The third-order valence-electron chi connectivity index (χ3n) is 3.31. The van der Waals surface area contributed by atoms with E-state index in [0.29, 0.717) is 18.1 Å². The van der Waals surface area contributed by atoms with Crippen molar-refractivity contribution in [3.63, 3.8) is 0 Å². The van der Waals surface area contributed by atoms with E-state index in [4.69, 9.17) is 4.52 Å². The molecule has 4 heterocycles. The van der Waals surface area contributed by atoms with Gasteiger partial charge in [0, 0.05) is 33.4 Å². The van der Waals surface area contributed by atoms with E-state index in [1.54, 1.807) is 28.2 Å². The number of thiophene rings is 1. The van der Waals surface area contributed by atoms with Crippen LogP contribution in [0.3, 0.4) is 0 Å². The number of nitrogens with zero attached hydrogens (tertiary/aromatic N) is 5. The average molecular weight is 376 g/mol. The second kappa shape index (κ2) is 5.29. The highest BCUT2D eigenvalue weighted by atomic mass is 79.9. The molecule has 0 aliphatic rings. The summed E-state index contributed by atoms with van der Waals surface area (Å²) < 4.78 is 8.22. The van der Waals surface area contributed by atoms with Crippen molar-refractivity contribution in [2.75, 3.05) is 0 Å². The standard InChI is InChI=1S/C14H10BrN5OS/c1-8-11(6-16-13-2-3-17-20(8)13)14-18-12(19-21-14)5-10-4-9(15)7-22-10/h2-4,6-7H,5H2,1H3. The van der Waals surface area contributed by atoms with Crippen LogP contribution in [-0.4, -0.2) is 24.7 Å². The third-order valence-corrected chi connectivity index (χ3v) is 5.01. The van der Waals surface area contributed by atoms with Gasteiger partial charge in [0.15, 0.2) is 11.5 Å². The minimum absolute atomic E-state index is 0.466. The smallest absolute Gasteiger partial charge is 0.261 e. The topological polar surface area (TPSA) is 69.1 Å². The van der Waals surface area contributed by atoms with E-state index in [0.717, 1.165) is 21.4 Å². The Balaban J connectivity index is 1.69. The highest BCUT2D eigenvalue weighted by molar-refractivity contribution is 9.10. The van der Waals surface area contributed by atoms with Crippen LogP contribution in [0.4, 0.5) is 0 Å². The molecule has 0 spiro atoms. The van der Waals surface area contributed by atoms with Gasteiger partial charge in [0.2, 0.25) is 0 Å². The molecule has 0 fully saturated rings. The number of hydrogen-bond donors (Lipinski definition) is 0. The monoisotopic (exact) mass is 375 g/mol. The second-order valence-corrected chi connectivity index (χ2v) is 6.69. The van der Waals surface area contributed by atoms with Crippen LogP contribution >= 0.6 is 27.3 Å². The van der Waals surface area contributed by atoms with E-state index in [-0.39, 0.29) is 0 Å². The molecule has 6 nitrogen and oxygen atoms in total. The Bertz CT molecular complexity index is 957. The van der Waals surface area contributed by atoms with Crippen molar-refractivity contribution in [3.05, 3.63) is 50.8 Å². The minimum atomic E-state index is 0.466. The maximum atomic E-state index is 5.39. The van der Waals surface area contributed by atoms with Gasteiger partial charge in [0.1, 0.15) is 0 Å². The van der Waals surface area contributed by atoms with Gasteiger partial charge in [-0.05, 0) is 28.9 Å². The van der Waals surface area contributed by atoms with Gasteiger partial charge >= 0.3 is 0 Å². The van der Waals surface area contributed by atoms with Crippen LogP contribution in [0, 0.1) is 6.92 Å². The summed E-state index contributed by atoms with van der Waals surface area (Å²) in [4.78, 5) is 9.99. The molecule has 0 atom stereocenters. The summed E-state index contributed by atoms with van der Waals surface area (Å²) in [5, 5.41) is 10.3. The maximum absolute atomic E-state index is 5.39. The van der Waals surface area contributed by atoms with Crippen molar-refractivity contribution < 1.29 is 4.52 Å². The summed E-state index contributed by atoms with van der Waals surface area (Å²) in [6.45, 7) is 1.96. The predicted molar refractivity (Wildman–Crippen MR) is 85.8 cm³/mol. The first-order valence-electron chi connectivity index (χ1n) is 6.56. The van der Waals surface area contributed by atoms with Gasteiger partial charge < -0.3 is 4.52 Å². The highest BCUT2D eigenvalue weighted by Gasteiger charge is 2.15. The molecule has 0 saturated carbocycles. The Morgan fingerprint density at radius 3 is 3.14 bits per heavy atom. The molecule has 0 aliphatic heterocycles. The summed E-state index contributed by atoms with van der Waals surface area (Å²) in [5.74, 6) is 1.12. The molecule has 0 radical (unpaired) electrons. The zero-order valence-electron chi connectivity index (χ0n) is 11.5. The lowest BCUT2D eigenvalue weighted by atomic mass is 10.2. The fourth-order valence-electron chi connectivity index (χ4n) is 2.24. The van der Waals surface area contributed by atoms with E-state index in [2.05, 4.69) is 42.2 Å². The van der Waals surface area contributed by atoms with Gasteiger partial charge in [-0.2, -0.15) is 10.1 Å². The van der Waals surface area contributed by atoms with E-state index in [1.807, 2.05) is 18.4 Å². The van der Waals surface area contributed by atoms with E-state index in [9.17, 15) is 0 Å². The lowest BCUT2D eigenvalue weighted by Crippen LogP contribution is -1.98. The van der Waals surface area contributed by atoms with E-state index in [1.165, 1.54) is 4.88 Å². The molecule has 4 aromatic heterocycles. The highest BCUT2D eigenvalue weighted by Crippen LogP contribution is 2.24. The first-order valence-corrected chi connectivity index (χ1v) is 8.23. The number of aromatic nitrogens is 5. The first-order chi connectivity index (χ1) is 10.7. The quantitative estimate of drug-likeness (QED) is 0.547. The molecular weight excluding hydrogens is 366 g/mol. The minimum Gasteiger partial charge on any atom is -0.334 e. The van der Waals surface area contributed by atoms with E-state index < -0.39 is 0 Å². The fraction of sp³-hybridized carbons (Fsp3) is 0.143. The average Bonchev–Trinajstić information content (AvgIpc) is 3.21. The van der Waals surface area contributed by atoms with Crippen molar-refractivity contribution in [2.24, 2.45) is 0 Å². The van der Waals surface area contributed by atoms with Crippen LogP contribution in [0.5, 0.6) is 0 Å². The van der Waals surface area contributed by atoms with E-state index >= 15 is 0 Å². The largest absolute Gasteiger partial charge is 0.334 e. The Morgan fingerprint density at radius 2 is 2.32 bits per heavy atom. The number of aryl methyl sites for hydroxylation is 1. The lowest BCUT2D eigenvalue weighted by Gasteiger charge is -2.02. The second-order valence-electron chi connectivity index (χ2n) is 4.78. The Morgan fingerprint density at radius 1 is 1.41 bits per heavy atom. The third kappa shape index (κ3) is 2.34. The van der Waals surface area contributed by atoms with Crippen LogP contribution < -0.4 is 0 Å². The lowest BCUT2D eigenvalue weighted by molar-refractivity contribution is 0.423. The van der Waals surface area contributed by atoms with Gasteiger partial charge in [-0.25, -0.2) is 9.50 Å². The van der Waals surface area contributed by atoms with Crippen molar-refractivity contribution in [1.29, 1.82) is 0 Å². The number of fused-ring (bicyclic) bond motifs is 1. The van der Waals surface area contributed by atoms with Crippen LogP contribution in [0.2, 0.25) is 0 Å². The molecule has 0 amide bonds. The van der Waals surface area contributed by atoms with Crippen LogP contribution in [-0.2, 0) is 6.42 Å². The van der Waals surface area contributed by atoms with Gasteiger partial charge in [-0.15, -0.1) is 11.3 Å². The molecular formula is C14H10BrN5OS. The molecule has 0 aromatic carbocycles. The molecule has 110 valence electrons. The van der Waals surface area contributed by atoms with Gasteiger partial charge in [-0.3, -0.25) is 0 Å². The summed E-state index contributed by atoms with van der Waals surface area (Å²) >= 11 is 5.10. The van der Waals surface area contributed by atoms with Crippen LogP contribution in [0.1, 0.15) is 16.4 Å². The maximum Gasteiger partial charge on any atom is 0.261 e.